The Bertz CT molecular complexity index is 770. The summed E-state index contributed by atoms with van der Waals surface area (Å²) in [5.74, 6) is -0.626. The fourth-order valence-corrected chi connectivity index (χ4v) is 3.48. The van der Waals surface area contributed by atoms with E-state index in [1.165, 1.54) is 24.1 Å². The highest BCUT2D eigenvalue weighted by Crippen LogP contribution is 2.43. The highest BCUT2D eigenvalue weighted by atomic mass is 19.3. The number of allylic oxidation sites excluding steroid dienone is 5. The molecule has 0 saturated carbocycles. The Hall–Kier alpha value is -2.51. The third kappa shape index (κ3) is 2.93. The minimum Gasteiger partial charge on any atom is -0.439 e. The van der Waals surface area contributed by atoms with Crippen LogP contribution in [0.2, 0.25) is 0 Å². The maximum Gasteiger partial charge on any atom is 0.387 e. The predicted octanol–water partition coefficient (Wildman–Crippen LogP) is 2.83. The number of likely N-dealkylation sites (N-methyl/N-ethyl adjacent to an activating group) is 1. The van der Waals surface area contributed by atoms with Gasteiger partial charge in [0.25, 0.3) is 5.91 Å². The van der Waals surface area contributed by atoms with E-state index < -0.39 is 24.2 Å². The monoisotopic (exact) mass is 367 g/mol. The molecule has 0 aromatic carbocycles. The molecule has 3 rings (SSSR count). The van der Waals surface area contributed by atoms with E-state index in [0.29, 0.717) is 11.1 Å². The minimum atomic E-state index is -2.92. The van der Waals surface area contributed by atoms with Gasteiger partial charge in [0.15, 0.2) is 11.5 Å². The summed E-state index contributed by atoms with van der Waals surface area (Å²) < 4.78 is 43.5. The average Bonchev–Trinajstić information content (AvgIpc) is 2.81. The van der Waals surface area contributed by atoms with Crippen molar-refractivity contribution < 1.29 is 22.7 Å². The van der Waals surface area contributed by atoms with E-state index in [1.54, 1.807) is 25.2 Å². The van der Waals surface area contributed by atoms with Gasteiger partial charge in [0.1, 0.15) is 11.9 Å². The van der Waals surface area contributed by atoms with Crippen LogP contribution >= 0.6 is 0 Å². The van der Waals surface area contributed by atoms with Gasteiger partial charge in [-0.2, -0.15) is 8.78 Å². The van der Waals surface area contributed by atoms with Gasteiger partial charge in [0, 0.05) is 19.4 Å². The molecule has 0 saturated heterocycles. The van der Waals surface area contributed by atoms with Crippen LogP contribution in [0.5, 0.6) is 0 Å². The van der Waals surface area contributed by atoms with Crippen LogP contribution in [-0.2, 0) is 9.53 Å². The van der Waals surface area contributed by atoms with Crippen molar-refractivity contribution in [2.24, 2.45) is 16.6 Å². The van der Waals surface area contributed by atoms with E-state index in [2.05, 4.69) is 9.73 Å². The van der Waals surface area contributed by atoms with Gasteiger partial charge in [-0.05, 0) is 29.7 Å². The predicted molar refractivity (Wildman–Crippen MR) is 90.9 cm³/mol. The number of alkyl halides is 3. The maximum atomic E-state index is 14.0. The number of hydrogen-bond acceptors (Lipinski definition) is 4. The third-order valence-corrected chi connectivity index (χ3v) is 4.83. The molecule has 2 aliphatic carbocycles. The number of carbonyl (C=O) groups excluding carboxylic acids is 1. The average molecular weight is 367 g/mol. The van der Waals surface area contributed by atoms with Crippen molar-refractivity contribution in [3.05, 3.63) is 47.3 Å². The van der Waals surface area contributed by atoms with E-state index >= 15 is 0 Å². The standard InChI is InChI=1S/C18H20F3N3O2/c1-10-8-12(6-7-14(10)26-16(20)21)18(11-4-3-5-13(19)9-11)15(25)24(2)17(22)23-18/h3-4,6-7,9-10,13,16H,5,8H2,1-2H3,(H2,22,23). The molecule has 3 atom stereocenters. The lowest BCUT2D eigenvalue weighted by Gasteiger charge is -2.33. The van der Waals surface area contributed by atoms with Gasteiger partial charge >= 0.3 is 6.61 Å². The minimum absolute atomic E-state index is 0.0254. The van der Waals surface area contributed by atoms with Gasteiger partial charge in [-0.1, -0.05) is 25.2 Å². The normalized spacial score (nSPS) is 31.6. The molecule has 0 aromatic rings. The number of rotatable bonds is 4. The molecule has 0 radical (unpaired) electrons. The zero-order chi connectivity index (χ0) is 19.1. The fourth-order valence-electron chi connectivity index (χ4n) is 3.48. The highest BCUT2D eigenvalue weighted by Gasteiger charge is 2.52. The first-order valence-corrected chi connectivity index (χ1v) is 8.28. The summed E-state index contributed by atoms with van der Waals surface area (Å²) in [5.41, 5.74) is 5.36. The summed E-state index contributed by atoms with van der Waals surface area (Å²) in [7, 11) is 1.50. The van der Waals surface area contributed by atoms with Crippen molar-refractivity contribution >= 4 is 11.9 Å². The van der Waals surface area contributed by atoms with Crippen molar-refractivity contribution in [3.8, 4) is 0 Å². The van der Waals surface area contributed by atoms with E-state index in [1.807, 2.05) is 0 Å². The third-order valence-electron chi connectivity index (χ3n) is 4.83. The number of nitrogens with two attached hydrogens (primary N) is 1. The largest absolute Gasteiger partial charge is 0.439 e. The van der Waals surface area contributed by atoms with Crippen molar-refractivity contribution in [2.45, 2.75) is 38.1 Å². The van der Waals surface area contributed by atoms with E-state index in [0.717, 1.165) is 0 Å². The molecule has 0 aromatic heterocycles. The van der Waals surface area contributed by atoms with E-state index in [-0.39, 0.29) is 30.5 Å². The quantitative estimate of drug-likeness (QED) is 0.831. The summed E-state index contributed by atoms with van der Waals surface area (Å²) in [4.78, 5) is 18.6. The maximum absolute atomic E-state index is 14.0. The number of hydrogen-bond donors (Lipinski definition) is 1. The lowest BCUT2D eigenvalue weighted by Crippen LogP contribution is -2.45. The Morgan fingerprint density at radius 3 is 2.69 bits per heavy atom. The van der Waals surface area contributed by atoms with Crippen LogP contribution in [-0.4, -0.2) is 42.1 Å². The highest BCUT2D eigenvalue weighted by molar-refractivity contribution is 6.11. The summed E-state index contributed by atoms with van der Waals surface area (Å²) >= 11 is 0. The van der Waals surface area contributed by atoms with Crippen LogP contribution in [0.4, 0.5) is 13.2 Å². The Labute approximate surface area is 149 Å². The molecule has 1 aliphatic heterocycles. The van der Waals surface area contributed by atoms with Crippen molar-refractivity contribution in [1.29, 1.82) is 0 Å². The van der Waals surface area contributed by atoms with Crippen LogP contribution < -0.4 is 5.73 Å². The molecule has 0 fully saturated rings. The molecule has 0 bridgehead atoms. The summed E-state index contributed by atoms with van der Waals surface area (Å²) in [5, 5.41) is 0. The molecule has 1 amide bonds. The first kappa shape index (κ1) is 18.3. The van der Waals surface area contributed by atoms with Crippen LogP contribution in [0, 0.1) is 5.92 Å². The number of ether oxygens (including phenoxy) is 1. The summed E-state index contributed by atoms with van der Waals surface area (Å²) in [6.45, 7) is -1.20. The molecule has 8 heteroatoms. The second-order valence-electron chi connectivity index (χ2n) is 6.57. The van der Waals surface area contributed by atoms with E-state index in [4.69, 9.17) is 5.73 Å². The fraction of sp³-hybridized carbons (Fsp3) is 0.444. The topological polar surface area (TPSA) is 67.9 Å². The lowest BCUT2D eigenvalue weighted by atomic mass is 9.74. The second kappa shape index (κ2) is 6.66. The number of halogens is 3. The number of carbonyl (C=O) groups is 1. The van der Waals surface area contributed by atoms with Gasteiger partial charge in [0.2, 0.25) is 0 Å². The first-order valence-electron chi connectivity index (χ1n) is 8.28. The molecule has 3 unspecified atom stereocenters. The number of guanidine groups is 1. The molecule has 3 aliphatic rings. The van der Waals surface area contributed by atoms with Gasteiger partial charge in [-0.25, -0.2) is 9.38 Å². The molecule has 140 valence electrons. The van der Waals surface area contributed by atoms with Gasteiger partial charge in [-0.3, -0.25) is 9.69 Å². The lowest BCUT2D eigenvalue weighted by molar-refractivity contribution is -0.128. The smallest absolute Gasteiger partial charge is 0.387 e. The van der Waals surface area contributed by atoms with Gasteiger partial charge in [0.05, 0.1) is 0 Å². The molecule has 1 heterocycles. The van der Waals surface area contributed by atoms with Crippen LogP contribution in [0.1, 0.15) is 19.8 Å². The number of nitrogens with zero attached hydrogens (tertiary/aromatic N) is 2. The van der Waals surface area contributed by atoms with Crippen molar-refractivity contribution in [3.63, 3.8) is 0 Å². The molecular formula is C18H20F3N3O2. The Kier molecular flexibility index (Phi) is 4.68. The SMILES string of the molecule is CC1CC(C2(C3=CC(F)CC=C3)N=C(N)N(C)C2=O)=CC=C1OC(F)F. The van der Waals surface area contributed by atoms with Gasteiger partial charge < -0.3 is 10.5 Å². The Morgan fingerprint density at radius 2 is 2.15 bits per heavy atom. The first-order chi connectivity index (χ1) is 12.3. The van der Waals surface area contributed by atoms with Crippen LogP contribution in [0.3, 0.4) is 0 Å². The molecule has 26 heavy (non-hydrogen) atoms. The number of amides is 1. The molecular weight excluding hydrogens is 347 g/mol. The van der Waals surface area contributed by atoms with Crippen molar-refractivity contribution in [1.82, 2.24) is 4.90 Å². The molecule has 5 nitrogen and oxygen atoms in total. The summed E-state index contributed by atoms with van der Waals surface area (Å²) in [6, 6.07) is 0. The zero-order valence-corrected chi connectivity index (χ0v) is 14.5. The van der Waals surface area contributed by atoms with Crippen LogP contribution in [0.15, 0.2) is 52.3 Å². The Balaban J connectivity index is 2.09. The summed E-state index contributed by atoms with van der Waals surface area (Å²) in [6.07, 6.45) is 6.90. The second-order valence-corrected chi connectivity index (χ2v) is 6.57. The zero-order valence-electron chi connectivity index (χ0n) is 14.5. The van der Waals surface area contributed by atoms with Crippen LogP contribution in [0.25, 0.3) is 0 Å². The van der Waals surface area contributed by atoms with Gasteiger partial charge in [-0.15, -0.1) is 0 Å². The van der Waals surface area contributed by atoms with E-state index in [9.17, 15) is 18.0 Å². The Morgan fingerprint density at radius 1 is 1.42 bits per heavy atom. The molecule has 0 spiro atoms. The number of aliphatic imine (C=N–C) groups is 1. The molecule has 2 N–H and O–H groups in total. The van der Waals surface area contributed by atoms with Crippen molar-refractivity contribution in [2.75, 3.05) is 7.05 Å².